The number of methoxy groups -OCH3 is 1. The Balaban J connectivity index is 2.37. The summed E-state index contributed by atoms with van der Waals surface area (Å²) >= 11 is 5.92. The summed E-state index contributed by atoms with van der Waals surface area (Å²) in [6.07, 6.45) is 0. The maximum atomic E-state index is 13.2. The second kappa shape index (κ2) is 5.55. The molecule has 2 aromatic rings. The SMILES string of the molecule is COc1cc(C(N)c2ccc(F)c(F)c2)ccc1Cl. The zero-order chi connectivity index (χ0) is 14.0. The molecule has 0 saturated heterocycles. The molecule has 0 aliphatic rings. The van der Waals surface area contributed by atoms with Crippen LogP contribution >= 0.6 is 11.6 Å². The Morgan fingerprint density at radius 3 is 2.32 bits per heavy atom. The van der Waals surface area contributed by atoms with Gasteiger partial charge in [0.25, 0.3) is 0 Å². The van der Waals surface area contributed by atoms with Crippen LogP contribution in [0.1, 0.15) is 17.2 Å². The molecule has 0 bridgehead atoms. The van der Waals surface area contributed by atoms with Gasteiger partial charge in [-0.15, -0.1) is 0 Å². The lowest BCUT2D eigenvalue weighted by atomic mass is 9.99. The highest BCUT2D eigenvalue weighted by Crippen LogP contribution is 2.29. The summed E-state index contributed by atoms with van der Waals surface area (Å²) in [5, 5.41) is 0.462. The highest BCUT2D eigenvalue weighted by molar-refractivity contribution is 6.32. The van der Waals surface area contributed by atoms with E-state index in [-0.39, 0.29) is 0 Å². The van der Waals surface area contributed by atoms with E-state index in [2.05, 4.69) is 0 Å². The van der Waals surface area contributed by atoms with E-state index < -0.39 is 17.7 Å². The molecule has 0 radical (unpaired) electrons. The van der Waals surface area contributed by atoms with E-state index in [0.29, 0.717) is 21.9 Å². The normalized spacial score (nSPS) is 12.3. The van der Waals surface area contributed by atoms with Gasteiger partial charge in [-0.1, -0.05) is 23.7 Å². The molecule has 0 amide bonds. The summed E-state index contributed by atoms with van der Waals surface area (Å²) in [7, 11) is 1.49. The van der Waals surface area contributed by atoms with Gasteiger partial charge in [-0.2, -0.15) is 0 Å². The fourth-order valence-corrected chi connectivity index (χ4v) is 1.96. The molecule has 19 heavy (non-hydrogen) atoms. The topological polar surface area (TPSA) is 35.2 Å². The van der Waals surface area contributed by atoms with E-state index in [0.717, 1.165) is 12.1 Å². The van der Waals surface area contributed by atoms with Gasteiger partial charge in [0.1, 0.15) is 5.75 Å². The number of rotatable bonds is 3. The number of benzene rings is 2. The van der Waals surface area contributed by atoms with E-state index in [9.17, 15) is 8.78 Å². The molecular weight excluding hydrogens is 272 g/mol. The van der Waals surface area contributed by atoms with Gasteiger partial charge < -0.3 is 10.5 Å². The van der Waals surface area contributed by atoms with Gasteiger partial charge in [0.2, 0.25) is 0 Å². The predicted octanol–water partition coefficient (Wildman–Crippen LogP) is 3.67. The van der Waals surface area contributed by atoms with E-state index in [1.807, 2.05) is 0 Å². The van der Waals surface area contributed by atoms with E-state index in [4.69, 9.17) is 22.1 Å². The molecule has 0 spiro atoms. The number of hydrogen-bond donors (Lipinski definition) is 1. The molecule has 0 heterocycles. The van der Waals surface area contributed by atoms with Crippen molar-refractivity contribution in [2.75, 3.05) is 7.11 Å². The van der Waals surface area contributed by atoms with Crippen molar-refractivity contribution in [1.82, 2.24) is 0 Å². The Morgan fingerprint density at radius 1 is 1.05 bits per heavy atom. The van der Waals surface area contributed by atoms with Crippen molar-refractivity contribution < 1.29 is 13.5 Å². The lowest BCUT2D eigenvalue weighted by molar-refractivity contribution is 0.414. The molecule has 0 saturated carbocycles. The highest BCUT2D eigenvalue weighted by Gasteiger charge is 2.13. The fourth-order valence-electron chi connectivity index (χ4n) is 1.77. The Morgan fingerprint density at radius 2 is 1.68 bits per heavy atom. The molecule has 0 aliphatic heterocycles. The van der Waals surface area contributed by atoms with Crippen LogP contribution in [0.3, 0.4) is 0 Å². The van der Waals surface area contributed by atoms with Crippen molar-refractivity contribution in [1.29, 1.82) is 0 Å². The first-order chi connectivity index (χ1) is 9.02. The predicted molar refractivity (Wildman–Crippen MR) is 70.4 cm³/mol. The average molecular weight is 284 g/mol. The minimum atomic E-state index is -0.922. The Kier molecular flexibility index (Phi) is 4.02. The lowest BCUT2D eigenvalue weighted by Gasteiger charge is -2.14. The van der Waals surface area contributed by atoms with E-state index in [1.54, 1.807) is 18.2 Å². The van der Waals surface area contributed by atoms with Crippen LogP contribution in [0.2, 0.25) is 5.02 Å². The molecule has 0 fully saturated rings. The van der Waals surface area contributed by atoms with Crippen molar-refractivity contribution in [3.63, 3.8) is 0 Å². The summed E-state index contributed by atoms with van der Waals surface area (Å²) in [6, 6.07) is 8.05. The third-order valence-corrected chi connectivity index (χ3v) is 3.15. The van der Waals surface area contributed by atoms with Crippen molar-refractivity contribution >= 4 is 11.6 Å². The maximum absolute atomic E-state index is 13.2. The lowest BCUT2D eigenvalue weighted by Crippen LogP contribution is -2.12. The smallest absolute Gasteiger partial charge is 0.159 e. The molecule has 2 rings (SSSR count). The van der Waals surface area contributed by atoms with Crippen LogP contribution in [0.25, 0.3) is 0 Å². The molecule has 0 aliphatic carbocycles. The first-order valence-corrected chi connectivity index (χ1v) is 5.94. The number of hydrogen-bond acceptors (Lipinski definition) is 2. The first kappa shape index (κ1) is 13.8. The van der Waals surface area contributed by atoms with Crippen molar-refractivity contribution in [2.45, 2.75) is 6.04 Å². The van der Waals surface area contributed by atoms with Crippen molar-refractivity contribution in [3.05, 3.63) is 64.2 Å². The Labute approximate surface area is 114 Å². The zero-order valence-corrected chi connectivity index (χ0v) is 10.9. The van der Waals surface area contributed by atoms with Crippen LogP contribution in [0, 0.1) is 11.6 Å². The summed E-state index contributed by atoms with van der Waals surface area (Å²) in [4.78, 5) is 0. The van der Waals surface area contributed by atoms with E-state index in [1.165, 1.54) is 13.2 Å². The van der Waals surface area contributed by atoms with Gasteiger partial charge >= 0.3 is 0 Å². The molecule has 2 aromatic carbocycles. The molecule has 5 heteroatoms. The minimum Gasteiger partial charge on any atom is -0.495 e. The van der Waals surface area contributed by atoms with Gasteiger partial charge in [-0.05, 0) is 35.4 Å². The second-order valence-corrected chi connectivity index (χ2v) is 4.45. The molecule has 1 unspecified atom stereocenters. The Bertz CT molecular complexity index is 604. The molecule has 100 valence electrons. The minimum absolute atomic E-state index is 0.462. The van der Waals surface area contributed by atoms with Gasteiger partial charge in [0.05, 0.1) is 18.2 Å². The van der Waals surface area contributed by atoms with E-state index >= 15 is 0 Å². The van der Waals surface area contributed by atoms with Crippen LogP contribution in [0.4, 0.5) is 8.78 Å². The monoisotopic (exact) mass is 283 g/mol. The largest absolute Gasteiger partial charge is 0.495 e. The molecule has 0 aromatic heterocycles. The maximum Gasteiger partial charge on any atom is 0.159 e. The van der Waals surface area contributed by atoms with Gasteiger partial charge in [-0.25, -0.2) is 8.78 Å². The van der Waals surface area contributed by atoms with Crippen LogP contribution in [0.5, 0.6) is 5.75 Å². The Hall–Kier alpha value is -1.65. The standard InChI is InChI=1S/C14H12ClF2NO/c1-19-13-7-9(2-4-10(13)15)14(18)8-3-5-11(16)12(17)6-8/h2-7,14H,18H2,1H3. The number of ether oxygens (including phenoxy) is 1. The molecule has 1 atom stereocenters. The number of nitrogens with two attached hydrogens (primary N) is 1. The number of halogens is 3. The average Bonchev–Trinajstić information content (AvgIpc) is 2.41. The summed E-state index contributed by atoms with van der Waals surface area (Å²) in [6.45, 7) is 0. The van der Waals surface area contributed by atoms with Crippen molar-refractivity contribution in [2.24, 2.45) is 5.73 Å². The summed E-state index contributed by atoms with van der Waals surface area (Å²) < 4.78 is 31.2. The van der Waals surface area contributed by atoms with Gasteiger partial charge in [0, 0.05) is 0 Å². The molecule has 2 nitrogen and oxygen atoms in total. The third-order valence-electron chi connectivity index (χ3n) is 2.84. The molecular formula is C14H12ClF2NO. The second-order valence-electron chi connectivity index (χ2n) is 4.05. The van der Waals surface area contributed by atoms with Crippen LogP contribution in [-0.4, -0.2) is 7.11 Å². The van der Waals surface area contributed by atoms with Crippen molar-refractivity contribution in [3.8, 4) is 5.75 Å². The zero-order valence-electron chi connectivity index (χ0n) is 10.2. The summed E-state index contributed by atoms with van der Waals surface area (Å²) in [5.41, 5.74) is 7.20. The quantitative estimate of drug-likeness (QED) is 0.933. The van der Waals surface area contributed by atoms with Crippen LogP contribution < -0.4 is 10.5 Å². The highest BCUT2D eigenvalue weighted by atomic mass is 35.5. The summed E-state index contributed by atoms with van der Waals surface area (Å²) in [5.74, 6) is -1.34. The van der Waals surface area contributed by atoms with Gasteiger partial charge in [0.15, 0.2) is 11.6 Å². The third kappa shape index (κ3) is 2.85. The fraction of sp³-hybridized carbons (Fsp3) is 0.143. The van der Waals surface area contributed by atoms with Gasteiger partial charge in [-0.3, -0.25) is 0 Å². The van der Waals surface area contributed by atoms with Crippen LogP contribution in [-0.2, 0) is 0 Å². The van der Waals surface area contributed by atoms with Crippen LogP contribution in [0.15, 0.2) is 36.4 Å². The molecule has 2 N–H and O–H groups in total. The first-order valence-electron chi connectivity index (χ1n) is 5.57.